The van der Waals surface area contributed by atoms with Crippen LogP contribution in [0.15, 0.2) is 34.9 Å². The number of aromatic nitrogens is 1. The fraction of sp³-hybridized carbons (Fsp3) is 0.444. The van der Waals surface area contributed by atoms with Gasteiger partial charge in [0.25, 0.3) is 0 Å². The zero-order valence-corrected chi connectivity index (χ0v) is 13.3. The summed E-state index contributed by atoms with van der Waals surface area (Å²) in [6, 6.07) is 7.38. The van der Waals surface area contributed by atoms with Crippen molar-refractivity contribution in [3.05, 3.63) is 36.2 Å². The number of carbonyl (C=O) groups excluding carboxylic acids is 1. The molecule has 1 heterocycles. The maximum Gasteiger partial charge on any atom is 0.227 e. The van der Waals surface area contributed by atoms with Crippen molar-refractivity contribution in [2.24, 2.45) is 0 Å². The van der Waals surface area contributed by atoms with Gasteiger partial charge in [-0.2, -0.15) is 0 Å². The Morgan fingerprint density at radius 1 is 1.35 bits per heavy atom. The molecule has 0 aliphatic heterocycles. The van der Waals surface area contributed by atoms with Gasteiger partial charge in [0.2, 0.25) is 11.8 Å². The van der Waals surface area contributed by atoms with E-state index in [4.69, 9.17) is 4.42 Å². The molecule has 5 heteroatoms. The van der Waals surface area contributed by atoms with Gasteiger partial charge in [-0.05, 0) is 38.0 Å². The van der Waals surface area contributed by atoms with Crippen molar-refractivity contribution in [1.82, 2.24) is 4.98 Å². The van der Waals surface area contributed by atoms with E-state index in [-0.39, 0.29) is 12.3 Å². The van der Waals surface area contributed by atoms with Gasteiger partial charge in [-0.25, -0.2) is 4.98 Å². The number of amides is 1. The number of benzene rings is 1. The zero-order valence-electron chi connectivity index (χ0n) is 13.3. The molecular weight excluding hydrogens is 292 g/mol. The van der Waals surface area contributed by atoms with Gasteiger partial charge in [0, 0.05) is 11.3 Å². The van der Waals surface area contributed by atoms with Crippen LogP contribution in [-0.4, -0.2) is 21.6 Å². The van der Waals surface area contributed by atoms with Crippen molar-refractivity contribution in [3.8, 4) is 11.5 Å². The number of nitrogens with one attached hydrogen (secondary N) is 1. The molecule has 0 bridgehead atoms. The molecule has 1 aromatic heterocycles. The molecule has 1 aromatic carbocycles. The number of oxazole rings is 1. The Kier molecular flexibility index (Phi) is 4.48. The van der Waals surface area contributed by atoms with E-state index in [0.29, 0.717) is 24.4 Å². The smallest absolute Gasteiger partial charge is 0.227 e. The van der Waals surface area contributed by atoms with Crippen LogP contribution in [0.5, 0.6) is 0 Å². The highest BCUT2D eigenvalue weighted by Gasteiger charge is 2.31. The Labute approximate surface area is 135 Å². The topological polar surface area (TPSA) is 75.4 Å². The molecule has 2 N–H and O–H groups in total. The van der Waals surface area contributed by atoms with E-state index in [0.717, 1.165) is 30.6 Å². The maximum absolute atomic E-state index is 12.2. The van der Waals surface area contributed by atoms with Crippen molar-refractivity contribution < 1.29 is 14.3 Å². The van der Waals surface area contributed by atoms with Gasteiger partial charge in [0.15, 0.2) is 0 Å². The highest BCUT2D eigenvalue weighted by molar-refractivity contribution is 5.92. The molecule has 0 spiro atoms. The minimum atomic E-state index is -0.848. The number of hydrogen-bond acceptors (Lipinski definition) is 4. The lowest BCUT2D eigenvalue weighted by atomic mass is 9.82. The number of aliphatic hydroxyl groups is 1. The van der Waals surface area contributed by atoms with Crippen LogP contribution in [0, 0.1) is 6.92 Å². The van der Waals surface area contributed by atoms with E-state index in [2.05, 4.69) is 10.3 Å². The Balaban J connectivity index is 1.67. The Bertz CT molecular complexity index is 687. The molecular formula is C18H22N2O3. The first-order valence-electron chi connectivity index (χ1n) is 8.09. The van der Waals surface area contributed by atoms with E-state index in [1.807, 2.05) is 31.2 Å². The number of carbonyl (C=O) groups is 1. The molecule has 1 amide bonds. The Hall–Kier alpha value is -2.14. The third kappa shape index (κ3) is 3.99. The lowest BCUT2D eigenvalue weighted by Gasteiger charge is -2.31. The number of rotatable bonds is 4. The van der Waals surface area contributed by atoms with Crippen LogP contribution in [0.3, 0.4) is 0 Å². The summed E-state index contributed by atoms with van der Waals surface area (Å²) in [5.41, 5.74) is 0.648. The summed E-state index contributed by atoms with van der Waals surface area (Å²) in [5, 5.41) is 13.3. The van der Waals surface area contributed by atoms with Crippen LogP contribution in [0.25, 0.3) is 11.5 Å². The molecule has 0 radical (unpaired) electrons. The van der Waals surface area contributed by atoms with Crippen LogP contribution < -0.4 is 5.32 Å². The third-order valence-electron chi connectivity index (χ3n) is 4.29. The molecule has 1 aliphatic rings. The summed E-state index contributed by atoms with van der Waals surface area (Å²) in [4.78, 5) is 16.4. The van der Waals surface area contributed by atoms with Crippen molar-refractivity contribution >= 4 is 11.6 Å². The third-order valence-corrected chi connectivity index (χ3v) is 4.29. The predicted octanol–water partition coefficient (Wildman–Crippen LogP) is 3.67. The lowest BCUT2D eigenvalue weighted by molar-refractivity contribution is -0.122. The van der Waals surface area contributed by atoms with Crippen LogP contribution in [0.4, 0.5) is 5.69 Å². The molecule has 23 heavy (non-hydrogen) atoms. The van der Waals surface area contributed by atoms with Gasteiger partial charge in [0.05, 0.1) is 18.2 Å². The van der Waals surface area contributed by atoms with Gasteiger partial charge in [-0.15, -0.1) is 0 Å². The average Bonchev–Trinajstić information content (AvgIpc) is 2.94. The van der Waals surface area contributed by atoms with Crippen molar-refractivity contribution in [1.29, 1.82) is 0 Å². The second-order valence-electron chi connectivity index (χ2n) is 6.37. The molecule has 1 fully saturated rings. The van der Waals surface area contributed by atoms with Crippen molar-refractivity contribution in [2.45, 2.75) is 51.0 Å². The van der Waals surface area contributed by atoms with Crippen molar-refractivity contribution in [2.75, 3.05) is 5.32 Å². The minimum Gasteiger partial charge on any atom is -0.441 e. The van der Waals surface area contributed by atoms with E-state index < -0.39 is 5.60 Å². The SMILES string of the molecule is Cc1cnc(-c2cccc(NC(=O)CC3(O)CCCCC3)c2)o1. The van der Waals surface area contributed by atoms with E-state index in [9.17, 15) is 9.90 Å². The number of anilines is 1. The summed E-state index contributed by atoms with van der Waals surface area (Å²) in [7, 11) is 0. The summed E-state index contributed by atoms with van der Waals surface area (Å²) < 4.78 is 5.50. The van der Waals surface area contributed by atoms with Gasteiger partial charge in [-0.1, -0.05) is 25.3 Å². The summed E-state index contributed by atoms with van der Waals surface area (Å²) in [5.74, 6) is 1.12. The highest BCUT2D eigenvalue weighted by Crippen LogP contribution is 2.31. The van der Waals surface area contributed by atoms with E-state index in [1.165, 1.54) is 0 Å². The molecule has 0 unspecified atom stereocenters. The molecule has 3 rings (SSSR count). The normalized spacial score (nSPS) is 17.0. The van der Waals surface area contributed by atoms with Gasteiger partial charge < -0.3 is 14.8 Å². The first-order chi connectivity index (χ1) is 11.0. The molecule has 1 aliphatic carbocycles. The average molecular weight is 314 g/mol. The second-order valence-corrected chi connectivity index (χ2v) is 6.37. The highest BCUT2D eigenvalue weighted by atomic mass is 16.4. The minimum absolute atomic E-state index is 0.148. The lowest BCUT2D eigenvalue weighted by Crippen LogP contribution is -2.35. The quantitative estimate of drug-likeness (QED) is 0.903. The fourth-order valence-corrected chi connectivity index (χ4v) is 3.11. The predicted molar refractivity (Wildman–Crippen MR) is 88.0 cm³/mol. The largest absolute Gasteiger partial charge is 0.441 e. The van der Waals surface area contributed by atoms with Gasteiger partial charge >= 0.3 is 0 Å². The van der Waals surface area contributed by atoms with Gasteiger partial charge in [-0.3, -0.25) is 4.79 Å². The Morgan fingerprint density at radius 3 is 2.83 bits per heavy atom. The first kappa shape index (κ1) is 15.7. The van der Waals surface area contributed by atoms with E-state index >= 15 is 0 Å². The number of hydrogen-bond donors (Lipinski definition) is 2. The molecule has 1 saturated carbocycles. The van der Waals surface area contributed by atoms with Crippen LogP contribution in [-0.2, 0) is 4.79 Å². The fourth-order valence-electron chi connectivity index (χ4n) is 3.11. The molecule has 122 valence electrons. The zero-order chi connectivity index (χ0) is 16.3. The van der Waals surface area contributed by atoms with E-state index in [1.54, 1.807) is 6.20 Å². The number of nitrogens with zero attached hydrogens (tertiary/aromatic N) is 1. The first-order valence-corrected chi connectivity index (χ1v) is 8.09. The molecule has 0 saturated heterocycles. The van der Waals surface area contributed by atoms with Crippen LogP contribution in [0.1, 0.15) is 44.3 Å². The van der Waals surface area contributed by atoms with Crippen LogP contribution in [0.2, 0.25) is 0 Å². The maximum atomic E-state index is 12.2. The summed E-state index contributed by atoms with van der Waals surface area (Å²) in [6.45, 7) is 1.84. The summed E-state index contributed by atoms with van der Waals surface area (Å²) >= 11 is 0. The summed E-state index contributed by atoms with van der Waals surface area (Å²) in [6.07, 6.45) is 6.34. The monoisotopic (exact) mass is 314 g/mol. The standard InChI is InChI=1S/C18H22N2O3/c1-13-12-19-17(23-13)14-6-5-7-15(10-14)20-16(21)11-18(22)8-3-2-4-9-18/h5-7,10,12,22H,2-4,8-9,11H2,1H3,(H,20,21). The molecule has 0 atom stereocenters. The van der Waals surface area contributed by atoms with Crippen molar-refractivity contribution in [3.63, 3.8) is 0 Å². The van der Waals surface area contributed by atoms with Gasteiger partial charge in [0.1, 0.15) is 5.76 Å². The number of aryl methyl sites for hydroxylation is 1. The van der Waals surface area contributed by atoms with Crippen LogP contribution >= 0.6 is 0 Å². The second kappa shape index (κ2) is 6.54. The molecule has 2 aromatic rings. The Morgan fingerprint density at radius 2 is 2.13 bits per heavy atom. The molecule has 5 nitrogen and oxygen atoms in total.